The largest absolute Gasteiger partial charge is 0.438 e. The Morgan fingerprint density at radius 3 is 2.57 bits per heavy atom. The number of aromatic nitrogens is 2. The highest BCUT2D eigenvalue weighted by Crippen LogP contribution is 2.29. The lowest BCUT2D eigenvalue weighted by molar-refractivity contribution is 0.465. The first-order valence-corrected chi connectivity index (χ1v) is 7.02. The van der Waals surface area contributed by atoms with Gasteiger partial charge in [0.1, 0.15) is 5.75 Å². The van der Waals surface area contributed by atoms with Crippen LogP contribution in [0.4, 0.5) is 5.95 Å². The van der Waals surface area contributed by atoms with Crippen LogP contribution in [0.5, 0.6) is 11.6 Å². The summed E-state index contributed by atoms with van der Waals surface area (Å²) >= 11 is 0. The molecule has 0 radical (unpaired) electrons. The average molecular weight is 279 g/mol. The van der Waals surface area contributed by atoms with E-state index in [1.165, 1.54) is 0 Å². The number of hydrogen-bond donors (Lipinski definition) is 1. The van der Waals surface area contributed by atoms with Gasteiger partial charge in [0.2, 0.25) is 11.8 Å². The number of rotatable bonds is 4. The zero-order chi connectivity index (χ0) is 14.7. The molecule has 1 N–H and O–H groups in total. The van der Waals surface area contributed by atoms with Gasteiger partial charge in [-0.1, -0.05) is 30.3 Å². The number of para-hydroxylation sites is 2. The first kappa shape index (κ1) is 13.4. The molecule has 0 aliphatic rings. The average Bonchev–Trinajstić information content (AvgIpc) is 2.50. The number of aryl methyl sites for hydroxylation is 1. The molecule has 0 saturated carbocycles. The first-order valence-electron chi connectivity index (χ1n) is 7.02. The van der Waals surface area contributed by atoms with Gasteiger partial charge in [0.25, 0.3) is 0 Å². The van der Waals surface area contributed by atoms with Crippen molar-refractivity contribution < 1.29 is 4.74 Å². The molecular weight excluding hydrogens is 262 g/mol. The summed E-state index contributed by atoms with van der Waals surface area (Å²) in [7, 11) is 0. The molecule has 4 heteroatoms. The predicted octanol–water partition coefficient (Wildman–Crippen LogP) is 4.16. The lowest BCUT2D eigenvalue weighted by atomic mass is 10.2. The molecule has 0 saturated heterocycles. The molecule has 3 rings (SSSR count). The van der Waals surface area contributed by atoms with Gasteiger partial charge in [-0.05, 0) is 37.6 Å². The second kappa shape index (κ2) is 5.79. The van der Waals surface area contributed by atoms with E-state index in [0.29, 0.717) is 11.8 Å². The predicted molar refractivity (Wildman–Crippen MR) is 85.0 cm³/mol. The maximum Gasteiger partial charge on any atom is 0.231 e. The van der Waals surface area contributed by atoms with E-state index in [-0.39, 0.29) is 0 Å². The number of hydrogen-bond acceptors (Lipinski definition) is 4. The monoisotopic (exact) mass is 279 g/mol. The maximum absolute atomic E-state index is 6.02. The van der Waals surface area contributed by atoms with Gasteiger partial charge in [-0.2, -0.15) is 4.98 Å². The summed E-state index contributed by atoms with van der Waals surface area (Å²) in [5.74, 6) is 1.97. The highest BCUT2D eigenvalue weighted by atomic mass is 16.5. The van der Waals surface area contributed by atoms with Crippen LogP contribution in [0.15, 0.2) is 48.5 Å². The molecule has 0 spiro atoms. The summed E-state index contributed by atoms with van der Waals surface area (Å²) in [6, 6.07) is 15.8. The van der Waals surface area contributed by atoms with Gasteiger partial charge < -0.3 is 10.1 Å². The van der Waals surface area contributed by atoms with Crippen LogP contribution in [0.25, 0.3) is 10.9 Å². The van der Waals surface area contributed by atoms with E-state index in [4.69, 9.17) is 4.74 Å². The van der Waals surface area contributed by atoms with Crippen LogP contribution in [-0.2, 0) is 0 Å². The van der Waals surface area contributed by atoms with E-state index in [1.807, 2.05) is 62.4 Å². The van der Waals surface area contributed by atoms with Gasteiger partial charge in [-0.15, -0.1) is 0 Å². The zero-order valence-corrected chi connectivity index (χ0v) is 12.1. The lowest BCUT2D eigenvalue weighted by Gasteiger charge is -2.11. The number of nitrogens with one attached hydrogen (secondary N) is 1. The number of anilines is 1. The first-order chi connectivity index (χ1) is 10.3. The molecule has 0 unspecified atom stereocenters. The topological polar surface area (TPSA) is 47.0 Å². The van der Waals surface area contributed by atoms with E-state index in [0.717, 1.165) is 28.8 Å². The highest BCUT2D eigenvalue weighted by Gasteiger charge is 2.10. The molecule has 3 aromatic rings. The number of nitrogens with zero attached hydrogens (tertiary/aromatic N) is 2. The van der Waals surface area contributed by atoms with Crippen molar-refractivity contribution in [1.82, 2.24) is 9.97 Å². The fourth-order valence-electron chi connectivity index (χ4n) is 2.14. The van der Waals surface area contributed by atoms with Crippen molar-refractivity contribution in [3.8, 4) is 11.6 Å². The van der Waals surface area contributed by atoms with Crippen LogP contribution in [-0.4, -0.2) is 16.5 Å². The van der Waals surface area contributed by atoms with Crippen LogP contribution < -0.4 is 10.1 Å². The Kier molecular flexibility index (Phi) is 3.69. The standard InChI is InChI=1S/C17H17N3O/c1-3-18-17-19-14-10-6-5-9-13(14)16(20-17)21-15-11-7-4-8-12(15)2/h4-11H,3H2,1-2H3,(H,18,19,20). The molecule has 106 valence electrons. The SMILES string of the molecule is CCNc1nc(Oc2ccccc2C)c2ccccc2n1. The Hall–Kier alpha value is -2.62. The van der Waals surface area contributed by atoms with Gasteiger partial charge in [-0.25, -0.2) is 4.98 Å². The van der Waals surface area contributed by atoms with Crippen LogP contribution in [0.2, 0.25) is 0 Å². The third-order valence-corrected chi connectivity index (χ3v) is 3.20. The third kappa shape index (κ3) is 2.79. The summed E-state index contributed by atoms with van der Waals surface area (Å²) in [6.07, 6.45) is 0. The van der Waals surface area contributed by atoms with Crippen LogP contribution >= 0.6 is 0 Å². The Morgan fingerprint density at radius 1 is 1.00 bits per heavy atom. The zero-order valence-electron chi connectivity index (χ0n) is 12.1. The van der Waals surface area contributed by atoms with Crippen LogP contribution in [0.1, 0.15) is 12.5 Å². The molecular formula is C17H17N3O. The molecule has 1 heterocycles. The van der Waals surface area contributed by atoms with Gasteiger partial charge in [0, 0.05) is 6.54 Å². The lowest BCUT2D eigenvalue weighted by Crippen LogP contribution is -2.03. The minimum Gasteiger partial charge on any atom is -0.438 e. The summed E-state index contributed by atoms with van der Waals surface area (Å²) in [5, 5.41) is 4.04. The molecule has 0 fully saturated rings. The Morgan fingerprint density at radius 2 is 1.76 bits per heavy atom. The highest BCUT2D eigenvalue weighted by molar-refractivity contribution is 5.84. The third-order valence-electron chi connectivity index (χ3n) is 3.20. The van der Waals surface area contributed by atoms with E-state index in [2.05, 4.69) is 15.3 Å². The van der Waals surface area contributed by atoms with Crippen molar-refractivity contribution in [2.24, 2.45) is 0 Å². The van der Waals surface area contributed by atoms with E-state index in [1.54, 1.807) is 0 Å². The van der Waals surface area contributed by atoms with Gasteiger partial charge in [0.15, 0.2) is 0 Å². The van der Waals surface area contributed by atoms with Crippen LogP contribution in [0, 0.1) is 6.92 Å². The van der Waals surface area contributed by atoms with Crippen molar-refractivity contribution in [2.75, 3.05) is 11.9 Å². The minimum absolute atomic E-state index is 0.575. The van der Waals surface area contributed by atoms with Crippen molar-refractivity contribution in [1.29, 1.82) is 0 Å². The van der Waals surface area contributed by atoms with Gasteiger partial charge in [0.05, 0.1) is 10.9 Å². The Labute approximate surface area is 123 Å². The van der Waals surface area contributed by atoms with E-state index < -0.39 is 0 Å². The molecule has 0 bridgehead atoms. The van der Waals surface area contributed by atoms with Crippen LogP contribution in [0.3, 0.4) is 0 Å². The Balaban J connectivity index is 2.09. The van der Waals surface area contributed by atoms with Gasteiger partial charge >= 0.3 is 0 Å². The number of fused-ring (bicyclic) bond motifs is 1. The summed E-state index contributed by atoms with van der Waals surface area (Å²) in [4.78, 5) is 8.97. The summed E-state index contributed by atoms with van der Waals surface area (Å²) in [6.45, 7) is 4.80. The van der Waals surface area contributed by atoms with E-state index in [9.17, 15) is 0 Å². The summed E-state index contributed by atoms with van der Waals surface area (Å²) < 4.78 is 6.02. The second-order valence-electron chi connectivity index (χ2n) is 4.77. The molecule has 0 amide bonds. The molecule has 21 heavy (non-hydrogen) atoms. The number of ether oxygens (including phenoxy) is 1. The summed E-state index contributed by atoms with van der Waals surface area (Å²) in [5.41, 5.74) is 1.94. The quantitative estimate of drug-likeness (QED) is 0.779. The van der Waals surface area contributed by atoms with Crippen molar-refractivity contribution in [3.63, 3.8) is 0 Å². The molecule has 0 aliphatic carbocycles. The van der Waals surface area contributed by atoms with E-state index >= 15 is 0 Å². The fourth-order valence-corrected chi connectivity index (χ4v) is 2.14. The molecule has 2 aromatic carbocycles. The van der Waals surface area contributed by atoms with Crippen molar-refractivity contribution >= 4 is 16.9 Å². The molecule has 4 nitrogen and oxygen atoms in total. The smallest absolute Gasteiger partial charge is 0.231 e. The number of benzene rings is 2. The maximum atomic E-state index is 6.02. The minimum atomic E-state index is 0.575. The molecule has 0 aliphatic heterocycles. The molecule has 0 atom stereocenters. The van der Waals surface area contributed by atoms with Crippen molar-refractivity contribution in [3.05, 3.63) is 54.1 Å². The fraction of sp³-hybridized carbons (Fsp3) is 0.176. The van der Waals surface area contributed by atoms with Gasteiger partial charge in [-0.3, -0.25) is 0 Å². The Bertz CT molecular complexity index is 771. The second-order valence-corrected chi connectivity index (χ2v) is 4.77. The normalized spacial score (nSPS) is 10.6. The molecule has 1 aromatic heterocycles. The van der Waals surface area contributed by atoms with Crippen molar-refractivity contribution in [2.45, 2.75) is 13.8 Å².